The molecule has 2 nitrogen and oxygen atoms in total. The molecule has 0 saturated carbocycles. The van der Waals surface area contributed by atoms with E-state index in [0.717, 1.165) is 21.7 Å². The summed E-state index contributed by atoms with van der Waals surface area (Å²) in [5.41, 5.74) is 1.00. The van der Waals surface area contributed by atoms with E-state index in [1.54, 1.807) is 16.7 Å². The van der Waals surface area contributed by atoms with Crippen molar-refractivity contribution >= 4 is 33.3 Å². The van der Waals surface area contributed by atoms with E-state index in [-0.39, 0.29) is 5.56 Å². The van der Waals surface area contributed by atoms with Crippen molar-refractivity contribution in [1.82, 2.24) is 4.57 Å². The molecule has 90 valence electrons. The summed E-state index contributed by atoms with van der Waals surface area (Å²) in [5, 5.41) is 3.37. The van der Waals surface area contributed by atoms with Gasteiger partial charge in [0, 0.05) is 22.3 Å². The van der Waals surface area contributed by atoms with Gasteiger partial charge in [-0.25, -0.2) is 0 Å². The molecule has 0 aliphatic carbocycles. The first-order valence-corrected chi connectivity index (χ1v) is 6.31. The van der Waals surface area contributed by atoms with Gasteiger partial charge in [-0.2, -0.15) is 0 Å². The number of benzene rings is 2. The highest BCUT2D eigenvalue weighted by atomic mass is 35.5. The van der Waals surface area contributed by atoms with Gasteiger partial charge < -0.3 is 4.57 Å². The van der Waals surface area contributed by atoms with Crippen molar-refractivity contribution in [1.29, 1.82) is 0 Å². The van der Waals surface area contributed by atoms with Gasteiger partial charge in [0.2, 0.25) is 0 Å². The summed E-state index contributed by atoms with van der Waals surface area (Å²) >= 11 is 6.04. The minimum atomic E-state index is 0.0443. The molecule has 3 aromatic rings. The van der Waals surface area contributed by atoms with Crippen LogP contribution in [0.3, 0.4) is 0 Å². The zero-order valence-corrected chi connectivity index (χ0v) is 10.7. The van der Waals surface area contributed by atoms with Gasteiger partial charge in [0.25, 0.3) is 5.56 Å². The molecule has 0 aliphatic heterocycles. The lowest BCUT2D eigenvalue weighted by Crippen LogP contribution is -2.19. The van der Waals surface area contributed by atoms with Crippen molar-refractivity contribution in [3.8, 4) is 0 Å². The molecule has 0 aliphatic rings. The fourth-order valence-corrected chi connectivity index (χ4v) is 2.60. The maximum Gasteiger partial charge on any atom is 0.258 e. The molecule has 0 atom stereocenters. The average Bonchev–Trinajstić information content (AvgIpc) is 2.39. The minimum Gasteiger partial charge on any atom is -0.308 e. The number of nitrogens with zero attached hydrogens (tertiary/aromatic N) is 1. The van der Waals surface area contributed by atoms with Crippen LogP contribution in [0.2, 0.25) is 5.02 Å². The molecule has 0 amide bonds. The second kappa shape index (κ2) is 4.14. The molecule has 0 fully saturated rings. The normalized spacial score (nSPS) is 11.2. The monoisotopic (exact) mass is 257 g/mol. The Morgan fingerprint density at radius 3 is 2.61 bits per heavy atom. The SMILES string of the molecule is CCn1c(=O)c2ccc(Cl)cc2c2ccccc21. The second-order valence-corrected chi connectivity index (χ2v) is 4.69. The van der Waals surface area contributed by atoms with Crippen LogP contribution in [-0.4, -0.2) is 4.57 Å². The average molecular weight is 258 g/mol. The minimum absolute atomic E-state index is 0.0443. The maximum atomic E-state index is 12.4. The van der Waals surface area contributed by atoms with Crippen molar-refractivity contribution in [2.75, 3.05) is 0 Å². The van der Waals surface area contributed by atoms with E-state index >= 15 is 0 Å². The van der Waals surface area contributed by atoms with E-state index in [2.05, 4.69) is 0 Å². The summed E-state index contributed by atoms with van der Waals surface area (Å²) in [7, 11) is 0. The van der Waals surface area contributed by atoms with Crippen molar-refractivity contribution < 1.29 is 0 Å². The quantitative estimate of drug-likeness (QED) is 0.608. The summed E-state index contributed by atoms with van der Waals surface area (Å²) < 4.78 is 1.80. The molecule has 0 spiro atoms. The molecule has 18 heavy (non-hydrogen) atoms. The molecule has 1 heterocycles. The van der Waals surface area contributed by atoms with E-state index in [9.17, 15) is 4.79 Å². The Labute approximate surface area is 109 Å². The first-order chi connectivity index (χ1) is 8.72. The molecule has 0 unspecified atom stereocenters. The number of para-hydroxylation sites is 1. The highest BCUT2D eigenvalue weighted by Crippen LogP contribution is 2.25. The third-order valence-corrected chi connectivity index (χ3v) is 3.49. The van der Waals surface area contributed by atoms with Gasteiger partial charge >= 0.3 is 0 Å². The van der Waals surface area contributed by atoms with Gasteiger partial charge in [0.05, 0.1) is 5.52 Å². The van der Waals surface area contributed by atoms with Crippen LogP contribution in [0.4, 0.5) is 0 Å². The fraction of sp³-hybridized carbons (Fsp3) is 0.133. The summed E-state index contributed by atoms with van der Waals surface area (Å²) in [4.78, 5) is 12.4. The summed E-state index contributed by atoms with van der Waals surface area (Å²) in [6.45, 7) is 2.65. The van der Waals surface area contributed by atoms with Gasteiger partial charge in [0.15, 0.2) is 0 Å². The summed E-state index contributed by atoms with van der Waals surface area (Å²) in [5.74, 6) is 0. The number of rotatable bonds is 1. The molecule has 0 radical (unpaired) electrons. The van der Waals surface area contributed by atoms with Crippen LogP contribution in [0.15, 0.2) is 47.3 Å². The predicted octanol–water partition coefficient (Wildman–Crippen LogP) is 3.83. The molecule has 0 N–H and O–H groups in total. The second-order valence-electron chi connectivity index (χ2n) is 4.26. The van der Waals surface area contributed by atoms with Crippen molar-refractivity contribution in [2.45, 2.75) is 13.5 Å². The summed E-state index contributed by atoms with van der Waals surface area (Å²) in [6.07, 6.45) is 0. The van der Waals surface area contributed by atoms with Crippen molar-refractivity contribution in [3.05, 3.63) is 57.8 Å². The molecule has 1 aromatic heterocycles. The lowest BCUT2D eigenvalue weighted by Gasteiger charge is -2.11. The zero-order chi connectivity index (χ0) is 12.7. The number of hydrogen-bond donors (Lipinski definition) is 0. The number of hydrogen-bond acceptors (Lipinski definition) is 1. The van der Waals surface area contributed by atoms with Crippen LogP contribution in [0, 0.1) is 0 Å². The Morgan fingerprint density at radius 1 is 1.06 bits per heavy atom. The Balaban J connectivity index is 2.67. The van der Waals surface area contributed by atoms with Crippen LogP contribution >= 0.6 is 11.6 Å². The summed E-state index contributed by atoms with van der Waals surface area (Å²) in [6, 6.07) is 13.4. The van der Waals surface area contributed by atoms with Gasteiger partial charge in [-0.05, 0) is 36.6 Å². The molecule has 2 aromatic carbocycles. The van der Waals surface area contributed by atoms with Gasteiger partial charge in [-0.1, -0.05) is 29.8 Å². The molecule has 3 heteroatoms. The van der Waals surface area contributed by atoms with Crippen LogP contribution in [0.25, 0.3) is 21.7 Å². The molecule has 3 rings (SSSR count). The maximum absolute atomic E-state index is 12.4. The van der Waals surface area contributed by atoms with Gasteiger partial charge in [0.1, 0.15) is 0 Å². The Kier molecular flexibility index (Phi) is 2.60. The van der Waals surface area contributed by atoms with Crippen LogP contribution in [-0.2, 0) is 6.54 Å². The number of halogens is 1. The third kappa shape index (κ3) is 1.53. The third-order valence-electron chi connectivity index (χ3n) is 3.26. The van der Waals surface area contributed by atoms with Crippen LogP contribution < -0.4 is 5.56 Å². The van der Waals surface area contributed by atoms with Crippen molar-refractivity contribution in [3.63, 3.8) is 0 Å². The Morgan fingerprint density at radius 2 is 1.83 bits per heavy atom. The van der Waals surface area contributed by atoms with E-state index in [0.29, 0.717) is 11.6 Å². The topological polar surface area (TPSA) is 22.0 Å². The van der Waals surface area contributed by atoms with E-state index in [4.69, 9.17) is 11.6 Å². The lowest BCUT2D eigenvalue weighted by molar-refractivity contribution is 0.767. The molecular weight excluding hydrogens is 246 g/mol. The van der Waals surface area contributed by atoms with Crippen LogP contribution in [0.1, 0.15) is 6.92 Å². The Bertz CT molecular complexity index is 805. The number of pyridine rings is 1. The largest absolute Gasteiger partial charge is 0.308 e. The smallest absolute Gasteiger partial charge is 0.258 e. The molecule has 0 saturated heterocycles. The number of aromatic nitrogens is 1. The number of fused-ring (bicyclic) bond motifs is 3. The number of aryl methyl sites for hydroxylation is 1. The first kappa shape index (κ1) is 11.3. The van der Waals surface area contributed by atoms with E-state index < -0.39 is 0 Å². The molecule has 0 bridgehead atoms. The van der Waals surface area contributed by atoms with Gasteiger partial charge in [-0.15, -0.1) is 0 Å². The van der Waals surface area contributed by atoms with E-state index in [1.165, 1.54) is 0 Å². The fourth-order valence-electron chi connectivity index (χ4n) is 2.43. The molecular formula is C15H12ClNO. The highest BCUT2D eigenvalue weighted by molar-refractivity contribution is 6.31. The Hall–Kier alpha value is -1.80. The van der Waals surface area contributed by atoms with Gasteiger partial charge in [-0.3, -0.25) is 4.79 Å². The predicted molar refractivity (Wildman–Crippen MR) is 76.4 cm³/mol. The van der Waals surface area contributed by atoms with Crippen LogP contribution in [0.5, 0.6) is 0 Å². The zero-order valence-electron chi connectivity index (χ0n) is 9.98. The standard InChI is InChI=1S/C15H12ClNO/c1-2-17-14-6-4-3-5-11(14)13-9-10(16)7-8-12(13)15(17)18/h3-9H,2H2,1H3. The first-order valence-electron chi connectivity index (χ1n) is 5.93. The van der Waals surface area contributed by atoms with Crippen molar-refractivity contribution in [2.24, 2.45) is 0 Å². The highest BCUT2D eigenvalue weighted by Gasteiger charge is 2.09. The lowest BCUT2D eigenvalue weighted by atomic mass is 10.1. The van der Waals surface area contributed by atoms with E-state index in [1.807, 2.05) is 37.3 Å².